The summed E-state index contributed by atoms with van der Waals surface area (Å²) in [6, 6.07) is 1.54. The molecule has 1 saturated carbocycles. The fourth-order valence-corrected chi connectivity index (χ4v) is 2.74. The zero-order valence-electron chi connectivity index (χ0n) is 11.0. The summed E-state index contributed by atoms with van der Waals surface area (Å²) >= 11 is 5.68. The normalized spacial score (nSPS) is 23.7. The number of halogens is 4. The number of rotatable bonds is 2. The molecule has 1 aromatic rings. The van der Waals surface area contributed by atoms with Gasteiger partial charge in [-0.15, -0.1) is 0 Å². The van der Waals surface area contributed by atoms with Gasteiger partial charge in [-0.3, -0.25) is 0 Å². The Bertz CT molecular complexity index is 481. The van der Waals surface area contributed by atoms with Crippen LogP contribution < -0.4 is 4.90 Å². The second kappa shape index (κ2) is 5.77. The zero-order valence-corrected chi connectivity index (χ0v) is 11.7. The molecule has 0 saturated heterocycles. The van der Waals surface area contributed by atoms with Crippen LogP contribution >= 0.6 is 11.6 Å². The van der Waals surface area contributed by atoms with Gasteiger partial charge in [0, 0.05) is 7.05 Å². The number of aliphatic hydroxyl groups is 1. The fraction of sp³-hybridized carbons (Fsp3) is 0.615. The highest BCUT2D eigenvalue weighted by Gasteiger charge is 2.33. The highest BCUT2D eigenvalue weighted by atomic mass is 35.5. The van der Waals surface area contributed by atoms with Crippen LogP contribution in [0.25, 0.3) is 0 Å². The van der Waals surface area contributed by atoms with E-state index in [2.05, 4.69) is 4.98 Å². The Balaban J connectivity index is 2.29. The van der Waals surface area contributed by atoms with Crippen LogP contribution in [0.15, 0.2) is 12.1 Å². The van der Waals surface area contributed by atoms with Crippen molar-refractivity contribution in [2.45, 2.75) is 44.0 Å². The van der Waals surface area contributed by atoms with E-state index in [-0.39, 0.29) is 17.0 Å². The maximum Gasteiger partial charge on any atom is 0.416 e. The number of aromatic nitrogens is 1. The number of likely N-dealkylation sites (N-methyl/N-ethyl adjacent to an activating group) is 1. The van der Waals surface area contributed by atoms with Gasteiger partial charge < -0.3 is 10.0 Å². The number of anilines is 1. The Hall–Kier alpha value is -1.01. The molecule has 3 nitrogen and oxygen atoms in total. The number of alkyl halides is 3. The lowest BCUT2D eigenvalue weighted by Crippen LogP contribution is -2.43. The van der Waals surface area contributed by atoms with E-state index in [1.807, 2.05) is 0 Å². The molecule has 0 bridgehead atoms. The van der Waals surface area contributed by atoms with Crippen LogP contribution in [0.2, 0.25) is 5.15 Å². The van der Waals surface area contributed by atoms with Crippen molar-refractivity contribution in [2.24, 2.45) is 0 Å². The summed E-state index contributed by atoms with van der Waals surface area (Å²) < 4.78 is 38.3. The first kappa shape index (κ1) is 15.4. The number of hydrogen-bond acceptors (Lipinski definition) is 3. The van der Waals surface area contributed by atoms with Crippen LogP contribution in [0.3, 0.4) is 0 Å². The predicted octanol–water partition coefficient (Wildman–Crippen LogP) is 3.49. The molecule has 0 radical (unpaired) electrons. The van der Waals surface area contributed by atoms with Gasteiger partial charge in [0.05, 0.1) is 17.7 Å². The minimum atomic E-state index is -4.46. The molecule has 112 valence electrons. The minimum Gasteiger partial charge on any atom is -0.391 e. The van der Waals surface area contributed by atoms with Gasteiger partial charge in [-0.25, -0.2) is 4.98 Å². The predicted molar refractivity (Wildman–Crippen MR) is 70.9 cm³/mol. The Kier molecular flexibility index (Phi) is 4.44. The molecule has 1 aromatic heterocycles. The monoisotopic (exact) mass is 308 g/mol. The fourth-order valence-electron chi connectivity index (χ4n) is 2.54. The van der Waals surface area contributed by atoms with E-state index in [1.54, 1.807) is 11.9 Å². The second-order valence-electron chi connectivity index (χ2n) is 5.06. The molecule has 1 aliphatic rings. The Morgan fingerprint density at radius 3 is 2.55 bits per heavy atom. The molecular formula is C13H16ClF3N2O. The van der Waals surface area contributed by atoms with E-state index >= 15 is 0 Å². The van der Waals surface area contributed by atoms with Crippen LogP contribution in [-0.2, 0) is 6.18 Å². The lowest BCUT2D eigenvalue weighted by atomic mass is 9.91. The maximum atomic E-state index is 12.8. The zero-order chi connectivity index (χ0) is 14.9. The maximum absolute atomic E-state index is 12.8. The van der Waals surface area contributed by atoms with Crippen molar-refractivity contribution in [1.82, 2.24) is 4.98 Å². The largest absolute Gasteiger partial charge is 0.416 e. The Morgan fingerprint density at radius 1 is 1.30 bits per heavy atom. The van der Waals surface area contributed by atoms with Crippen molar-refractivity contribution >= 4 is 17.4 Å². The van der Waals surface area contributed by atoms with Crippen LogP contribution in [0, 0.1) is 0 Å². The molecule has 0 aromatic carbocycles. The van der Waals surface area contributed by atoms with Crippen molar-refractivity contribution in [1.29, 1.82) is 0 Å². The number of aliphatic hydroxyl groups excluding tert-OH is 1. The third kappa shape index (κ3) is 3.35. The van der Waals surface area contributed by atoms with E-state index in [0.717, 1.165) is 31.4 Å². The third-order valence-corrected chi connectivity index (χ3v) is 3.85. The van der Waals surface area contributed by atoms with Gasteiger partial charge in [0.25, 0.3) is 0 Å². The summed E-state index contributed by atoms with van der Waals surface area (Å²) in [5.41, 5.74) is -0.829. The van der Waals surface area contributed by atoms with Crippen molar-refractivity contribution in [2.75, 3.05) is 11.9 Å². The molecule has 0 amide bonds. The van der Waals surface area contributed by atoms with E-state index in [4.69, 9.17) is 11.6 Å². The van der Waals surface area contributed by atoms with E-state index in [0.29, 0.717) is 6.42 Å². The first-order valence-electron chi connectivity index (χ1n) is 6.44. The van der Waals surface area contributed by atoms with Crippen LogP contribution in [0.4, 0.5) is 19.0 Å². The molecular weight excluding hydrogens is 293 g/mol. The molecule has 1 aliphatic carbocycles. The number of hydrogen-bond donors (Lipinski definition) is 1. The molecule has 1 fully saturated rings. The van der Waals surface area contributed by atoms with Crippen LogP contribution in [-0.4, -0.2) is 29.3 Å². The lowest BCUT2D eigenvalue weighted by Gasteiger charge is -2.36. The van der Waals surface area contributed by atoms with Gasteiger partial charge in [-0.05, 0) is 25.0 Å². The summed E-state index contributed by atoms with van der Waals surface area (Å²) in [4.78, 5) is 5.53. The summed E-state index contributed by atoms with van der Waals surface area (Å²) in [5, 5.41) is 9.77. The first-order chi connectivity index (χ1) is 9.29. The number of pyridine rings is 1. The SMILES string of the molecule is CN(c1cc(C(F)(F)F)cc(Cl)n1)C1CCCCC1O. The average molecular weight is 309 g/mol. The van der Waals surface area contributed by atoms with Crippen LogP contribution in [0.1, 0.15) is 31.2 Å². The van der Waals surface area contributed by atoms with E-state index in [9.17, 15) is 18.3 Å². The molecule has 20 heavy (non-hydrogen) atoms. The number of nitrogens with zero attached hydrogens (tertiary/aromatic N) is 2. The molecule has 1 heterocycles. The Labute approximate surface area is 120 Å². The quantitative estimate of drug-likeness (QED) is 0.850. The van der Waals surface area contributed by atoms with Gasteiger partial charge in [-0.1, -0.05) is 24.4 Å². The van der Waals surface area contributed by atoms with Crippen molar-refractivity contribution in [3.05, 3.63) is 22.8 Å². The molecule has 7 heteroatoms. The highest BCUT2D eigenvalue weighted by Crippen LogP contribution is 2.34. The van der Waals surface area contributed by atoms with E-state index < -0.39 is 17.8 Å². The van der Waals surface area contributed by atoms with E-state index in [1.165, 1.54) is 0 Å². The standard InChI is InChI=1S/C13H16ClF3N2O/c1-19(9-4-2-3-5-10(9)20)12-7-8(13(15,16)17)6-11(14)18-12/h6-7,9-10,20H,2-5H2,1H3. The van der Waals surface area contributed by atoms with Gasteiger partial charge in [0.2, 0.25) is 0 Å². The molecule has 2 rings (SSSR count). The molecule has 2 unspecified atom stereocenters. The first-order valence-corrected chi connectivity index (χ1v) is 6.82. The minimum absolute atomic E-state index is 0.135. The summed E-state index contributed by atoms with van der Waals surface area (Å²) in [6.45, 7) is 0. The molecule has 0 aliphatic heterocycles. The lowest BCUT2D eigenvalue weighted by molar-refractivity contribution is -0.137. The summed E-state index contributed by atoms with van der Waals surface area (Å²) in [5.74, 6) is 0.135. The average Bonchev–Trinajstić information content (AvgIpc) is 2.37. The Morgan fingerprint density at radius 2 is 1.95 bits per heavy atom. The van der Waals surface area contributed by atoms with Gasteiger partial charge in [0.15, 0.2) is 0 Å². The molecule has 0 spiro atoms. The highest BCUT2D eigenvalue weighted by molar-refractivity contribution is 6.29. The summed E-state index contributed by atoms with van der Waals surface area (Å²) in [7, 11) is 1.64. The summed E-state index contributed by atoms with van der Waals surface area (Å²) in [6.07, 6.45) is -1.76. The van der Waals surface area contributed by atoms with Gasteiger partial charge >= 0.3 is 6.18 Å². The topological polar surface area (TPSA) is 36.4 Å². The van der Waals surface area contributed by atoms with Crippen molar-refractivity contribution < 1.29 is 18.3 Å². The van der Waals surface area contributed by atoms with Crippen molar-refractivity contribution in [3.8, 4) is 0 Å². The third-order valence-electron chi connectivity index (χ3n) is 3.66. The molecule has 1 N–H and O–H groups in total. The smallest absolute Gasteiger partial charge is 0.391 e. The second-order valence-corrected chi connectivity index (χ2v) is 5.45. The van der Waals surface area contributed by atoms with Gasteiger partial charge in [-0.2, -0.15) is 13.2 Å². The van der Waals surface area contributed by atoms with Crippen LogP contribution in [0.5, 0.6) is 0 Å². The van der Waals surface area contributed by atoms with Crippen molar-refractivity contribution in [3.63, 3.8) is 0 Å². The molecule has 2 atom stereocenters. The van der Waals surface area contributed by atoms with Gasteiger partial charge in [0.1, 0.15) is 11.0 Å².